The van der Waals surface area contributed by atoms with Gasteiger partial charge in [0.2, 0.25) is 0 Å². The molecule has 3 aliphatic rings. The van der Waals surface area contributed by atoms with Crippen molar-refractivity contribution < 1.29 is 8.85 Å². The quantitative estimate of drug-likeness (QED) is 0.169. The lowest BCUT2D eigenvalue weighted by atomic mass is 9.62. The van der Waals surface area contributed by atoms with E-state index in [-0.39, 0.29) is 16.1 Å². The van der Waals surface area contributed by atoms with E-state index in [1.807, 2.05) is 0 Å². The monoisotopic (exact) mass is 580 g/mol. The highest BCUT2D eigenvalue weighted by Gasteiger charge is 2.46. The first-order valence-corrected chi connectivity index (χ1v) is 22.2. The number of hydrogen-bond donors (Lipinski definition) is 0. The van der Waals surface area contributed by atoms with Gasteiger partial charge in [-0.05, 0) is 119 Å². The molecule has 4 heteroatoms. The zero-order chi connectivity index (χ0) is 30.1. The minimum absolute atomic E-state index is 0.244. The van der Waals surface area contributed by atoms with Gasteiger partial charge in [-0.3, -0.25) is 0 Å². The summed E-state index contributed by atoms with van der Waals surface area (Å²) in [5.74, 6) is 8.06. The zero-order valence-corrected chi connectivity index (χ0v) is 30.1. The van der Waals surface area contributed by atoms with Crippen molar-refractivity contribution in [1.82, 2.24) is 0 Å². The van der Waals surface area contributed by atoms with Gasteiger partial charge >= 0.3 is 0 Å². The largest absolute Gasteiger partial charge is 0.414 e. The lowest BCUT2D eigenvalue weighted by Crippen LogP contribution is -2.44. The summed E-state index contributed by atoms with van der Waals surface area (Å²) in [6.07, 6.45) is 16.8. The molecule has 0 heterocycles. The fourth-order valence-corrected chi connectivity index (χ4v) is 9.98. The molecule has 2 nitrogen and oxygen atoms in total. The SMILES string of the molecule is C=C1CC[C@@H](O[Si](C)(C)C(C)(C)C)C/C1=C/C=C1\CCC[C@]2(C)C([C@H](C)CC#CC(C)(C)O[Si](C)(C)C)=CC[C@@H]12. The summed E-state index contributed by atoms with van der Waals surface area (Å²) in [6, 6.07) is 0. The summed E-state index contributed by atoms with van der Waals surface area (Å²) in [6.45, 7) is 32.1. The molecular formula is C36H60O2Si2. The third-order valence-corrected chi connectivity index (χ3v) is 15.6. The van der Waals surface area contributed by atoms with Gasteiger partial charge in [0.1, 0.15) is 5.60 Å². The van der Waals surface area contributed by atoms with Gasteiger partial charge in [-0.1, -0.05) is 88.0 Å². The lowest BCUT2D eigenvalue weighted by Gasteiger charge is -2.42. The Balaban J connectivity index is 1.71. The Morgan fingerprint density at radius 2 is 1.77 bits per heavy atom. The smallest absolute Gasteiger partial charge is 0.192 e. The third kappa shape index (κ3) is 8.24. The first kappa shape index (κ1) is 33.4. The van der Waals surface area contributed by atoms with E-state index in [9.17, 15) is 0 Å². The van der Waals surface area contributed by atoms with Crippen molar-refractivity contribution in [3.63, 3.8) is 0 Å². The van der Waals surface area contributed by atoms with Crippen LogP contribution in [-0.2, 0) is 8.85 Å². The number of rotatable bonds is 7. The Hall–Kier alpha value is -1.13. The first-order valence-electron chi connectivity index (χ1n) is 15.9. The average Bonchev–Trinajstić information content (AvgIpc) is 3.14. The third-order valence-electron chi connectivity index (χ3n) is 9.94. The van der Waals surface area contributed by atoms with Crippen LogP contribution in [0.15, 0.2) is 47.1 Å². The first-order chi connectivity index (χ1) is 18.2. The molecule has 2 saturated carbocycles. The minimum Gasteiger partial charge on any atom is -0.414 e. The van der Waals surface area contributed by atoms with Crippen LogP contribution in [0.5, 0.6) is 0 Å². The maximum atomic E-state index is 6.83. The molecule has 3 rings (SSSR count). The summed E-state index contributed by atoms with van der Waals surface area (Å²) in [5.41, 5.74) is 5.88. The molecule has 3 aliphatic carbocycles. The van der Waals surface area contributed by atoms with Gasteiger partial charge in [0.05, 0.1) is 0 Å². The second-order valence-electron chi connectivity index (χ2n) is 16.1. The van der Waals surface area contributed by atoms with Gasteiger partial charge < -0.3 is 8.85 Å². The number of fused-ring (bicyclic) bond motifs is 1. The van der Waals surface area contributed by atoms with Gasteiger partial charge in [-0.15, -0.1) is 0 Å². The molecule has 0 unspecified atom stereocenters. The van der Waals surface area contributed by atoms with Gasteiger partial charge in [0.25, 0.3) is 0 Å². The van der Waals surface area contributed by atoms with Crippen LogP contribution in [0.2, 0.25) is 37.8 Å². The summed E-state index contributed by atoms with van der Waals surface area (Å²) in [5, 5.41) is 0.244. The minimum atomic E-state index is -1.77. The lowest BCUT2D eigenvalue weighted by molar-refractivity contribution is 0.164. The van der Waals surface area contributed by atoms with Gasteiger partial charge in [0.15, 0.2) is 16.6 Å². The fraction of sp³-hybridized carbons (Fsp3) is 0.722. The van der Waals surface area contributed by atoms with Gasteiger partial charge in [-0.2, -0.15) is 0 Å². The van der Waals surface area contributed by atoms with Gasteiger partial charge in [-0.25, -0.2) is 0 Å². The molecule has 4 atom stereocenters. The molecule has 0 bridgehead atoms. The highest BCUT2D eigenvalue weighted by atomic mass is 28.4. The van der Waals surface area contributed by atoms with Gasteiger partial charge in [0, 0.05) is 12.5 Å². The van der Waals surface area contributed by atoms with Crippen LogP contribution >= 0.6 is 0 Å². The van der Waals surface area contributed by atoms with Crippen LogP contribution in [0.1, 0.15) is 99.8 Å². The molecule has 0 amide bonds. The second-order valence-corrected chi connectivity index (χ2v) is 25.3. The van der Waals surface area contributed by atoms with E-state index in [1.54, 1.807) is 11.1 Å². The molecule has 0 aromatic carbocycles. The van der Waals surface area contributed by atoms with E-state index < -0.39 is 16.6 Å². The summed E-state index contributed by atoms with van der Waals surface area (Å²) in [4.78, 5) is 0. The van der Waals surface area contributed by atoms with Crippen molar-refractivity contribution in [2.75, 3.05) is 0 Å². The van der Waals surface area contributed by atoms with Crippen molar-refractivity contribution >= 4 is 16.6 Å². The molecule has 0 aliphatic heterocycles. The van der Waals surface area contributed by atoms with E-state index in [0.29, 0.717) is 17.9 Å². The predicted octanol–water partition coefficient (Wildman–Crippen LogP) is 10.8. The zero-order valence-electron chi connectivity index (χ0n) is 28.1. The van der Waals surface area contributed by atoms with Crippen LogP contribution in [-0.4, -0.2) is 28.3 Å². The van der Waals surface area contributed by atoms with Crippen LogP contribution in [0, 0.1) is 29.1 Å². The van der Waals surface area contributed by atoms with Crippen LogP contribution < -0.4 is 0 Å². The molecule has 0 aromatic rings. The second kappa shape index (κ2) is 12.2. The van der Waals surface area contributed by atoms with E-state index in [4.69, 9.17) is 8.85 Å². The topological polar surface area (TPSA) is 18.5 Å². The maximum Gasteiger partial charge on any atom is 0.192 e. The molecule has 0 spiro atoms. The highest BCUT2D eigenvalue weighted by molar-refractivity contribution is 6.74. The molecule has 40 heavy (non-hydrogen) atoms. The Labute approximate surface area is 250 Å². The van der Waals surface area contributed by atoms with Crippen LogP contribution in [0.25, 0.3) is 0 Å². The normalized spacial score (nSPS) is 29.2. The van der Waals surface area contributed by atoms with Crippen molar-refractivity contribution in [3.8, 4) is 11.8 Å². The van der Waals surface area contributed by atoms with E-state index in [1.165, 1.54) is 36.8 Å². The molecular weight excluding hydrogens is 521 g/mol. The van der Waals surface area contributed by atoms with E-state index in [2.05, 4.69) is 118 Å². The van der Waals surface area contributed by atoms with Crippen LogP contribution in [0.4, 0.5) is 0 Å². The van der Waals surface area contributed by atoms with Crippen LogP contribution in [0.3, 0.4) is 0 Å². The summed E-state index contributed by atoms with van der Waals surface area (Å²) < 4.78 is 13.1. The van der Waals surface area contributed by atoms with E-state index >= 15 is 0 Å². The Morgan fingerprint density at radius 1 is 1.10 bits per heavy atom. The molecule has 0 aromatic heterocycles. The molecule has 224 valence electrons. The van der Waals surface area contributed by atoms with Crippen molar-refractivity contribution in [2.24, 2.45) is 17.3 Å². The number of hydrogen-bond acceptors (Lipinski definition) is 2. The Kier molecular flexibility index (Phi) is 10.2. The van der Waals surface area contributed by atoms with Crippen molar-refractivity contribution in [3.05, 3.63) is 47.1 Å². The molecule has 0 N–H and O–H groups in total. The Morgan fingerprint density at radius 3 is 2.40 bits per heavy atom. The predicted molar refractivity (Wildman–Crippen MR) is 179 cm³/mol. The average molecular weight is 581 g/mol. The summed E-state index contributed by atoms with van der Waals surface area (Å²) in [7, 11) is -3.39. The maximum absolute atomic E-state index is 6.83. The standard InChI is InChI=1S/C36H60O2Si2/c1-27-18-21-31(37-40(12,13)34(3,4)5)26-30(27)20-19-29-17-15-25-36(8)32(22-23-33(29)36)28(2)16-14-24-35(6,7)38-39(9,10)11/h19-20,22,28,31,33H,1,15-18,21,23,25-26H2,2-13H3/b29-19+,30-20-/t28-,31-,33+,36-/m1/s1. The summed E-state index contributed by atoms with van der Waals surface area (Å²) >= 11 is 0. The van der Waals surface area contributed by atoms with Crippen molar-refractivity contribution in [2.45, 2.75) is 149 Å². The Bertz CT molecular complexity index is 1100. The highest BCUT2D eigenvalue weighted by Crippen LogP contribution is 2.57. The molecule has 0 saturated heterocycles. The van der Waals surface area contributed by atoms with Crippen molar-refractivity contribution in [1.29, 1.82) is 0 Å². The fourth-order valence-electron chi connectivity index (χ4n) is 7.01. The molecule has 0 radical (unpaired) electrons. The molecule has 2 fully saturated rings. The van der Waals surface area contributed by atoms with E-state index in [0.717, 1.165) is 25.7 Å². The number of allylic oxidation sites excluding steroid dienone is 6.